The molecule has 0 saturated carbocycles. The number of carbonyl (C=O) groups excluding carboxylic acids is 1. The number of carbonyl (C=O) groups is 1. The number of likely N-dealkylation sites (tertiary alicyclic amines) is 1. The number of nitrogens with one attached hydrogen (secondary N) is 1. The van der Waals surface area contributed by atoms with Gasteiger partial charge in [0.05, 0.1) is 0 Å². The van der Waals surface area contributed by atoms with Crippen LogP contribution in [0, 0.1) is 0 Å². The summed E-state index contributed by atoms with van der Waals surface area (Å²) in [7, 11) is 1.92. The second-order valence-corrected chi connectivity index (χ2v) is 7.63. The smallest absolute Gasteiger partial charge is 0.253 e. The molecule has 4 rings (SSSR count). The number of piperidine rings is 1. The molecular weight excluding hydrogens is 350 g/mol. The van der Waals surface area contributed by atoms with E-state index >= 15 is 0 Å². The highest BCUT2D eigenvalue weighted by Crippen LogP contribution is 2.19. The highest BCUT2D eigenvalue weighted by molar-refractivity contribution is 5.97. The molecule has 1 aromatic heterocycles. The molecule has 1 fully saturated rings. The molecule has 1 aliphatic rings. The van der Waals surface area contributed by atoms with E-state index in [0.29, 0.717) is 5.56 Å². The topological polar surface area (TPSA) is 65.1 Å². The van der Waals surface area contributed by atoms with Crippen molar-refractivity contribution in [1.82, 2.24) is 25.2 Å². The molecule has 28 heavy (non-hydrogen) atoms. The maximum absolute atomic E-state index is 13.0. The lowest BCUT2D eigenvalue weighted by molar-refractivity contribution is 0.0617. The Morgan fingerprint density at radius 2 is 2.00 bits per heavy atom. The van der Waals surface area contributed by atoms with Crippen LogP contribution < -0.4 is 0 Å². The zero-order valence-electron chi connectivity index (χ0n) is 16.3. The van der Waals surface area contributed by atoms with Crippen molar-refractivity contribution in [2.45, 2.75) is 31.7 Å². The minimum absolute atomic E-state index is 0.0565. The average Bonchev–Trinajstić information content (AvgIpc) is 3.21. The molecule has 1 saturated heterocycles. The molecule has 1 unspecified atom stereocenters. The largest absolute Gasteiger partial charge is 0.337 e. The summed E-state index contributed by atoms with van der Waals surface area (Å²) < 4.78 is 0. The van der Waals surface area contributed by atoms with Gasteiger partial charge in [-0.25, -0.2) is 0 Å². The van der Waals surface area contributed by atoms with Crippen molar-refractivity contribution in [3.63, 3.8) is 0 Å². The van der Waals surface area contributed by atoms with Crippen LogP contribution in [0.5, 0.6) is 0 Å². The van der Waals surface area contributed by atoms with E-state index in [0.717, 1.165) is 56.4 Å². The quantitative estimate of drug-likeness (QED) is 0.717. The van der Waals surface area contributed by atoms with Gasteiger partial charge in [-0.2, -0.15) is 15.4 Å². The molecule has 3 aromatic rings. The molecule has 1 amide bonds. The van der Waals surface area contributed by atoms with Crippen LogP contribution in [-0.4, -0.2) is 63.8 Å². The number of aryl methyl sites for hydroxylation is 1. The predicted octanol–water partition coefficient (Wildman–Crippen LogP) is 3.13. The number of benzene rings is 2. The van der Waals surface area contributed by atoms with Gasteiger partial charge < -0.3 is 9.80 Å². The van der Waals surface area contributed by atoms with E-state index in [1.807, 2.05) is 30.1 Å². The van der Waals surface area contributed by atoms with Crippen molar-refractivity contribution in [2.75, 3.05) is 26.7 Å². The Balaban J connectivity index is 1.33. The Hall–Kier alpha value is -2.73. The number of aromatic nitrogens is 3. The molecule has 2 aromatic carbocycles. The molecule has 1 aliphatic heterocycles. The van der Waals surface area contributed by atoms with Gasteiger partial charge in [-0.3, -0.25) is 4.79 Å². The minimum atomic E-state index is 0.0565. The molecule has 0 spiro atoms. The van der Waals surface area contributed by atoms with Gasteiger partial charge >= 0.3 is 0 Å². The Kier molecular flexibility index (Phi) is 5.67. The summed E-state index contributed by atoms with van der Waals surface area (Å²) in [5, 5.41) is 10.7. The Labute approximate surface area is 165 Å². The van der Waals surface area contributed by atoms with Crippen LogP contribution >= 0.6 is 0 Å². The third kappa shape index (κ3) is 4.22. The Morgan fingerprint density at radius 1 is 1.18 bits per heavy atom. The van der Waals surface area contributed by atoms with E-state index in [1.54, 1.807) is 0 Å². The van der Waals surface area contributed by atoms with Crippen molar-refractivity contribution >= 4 is 16.9 Å². The number of nitrogens with zero attached hydrogens (tertiary/aromatic N) is 4. The van der Waals surface area contributed by atoms with Crippen molar-refractivity contribution in [3.05, 3.63) is 59.7 Å². The summed E-state index contributed by atoms with van der Waals surface area (Å²) in [5.74, 6) is 0.0565. The maximum Gasteiger partial charge on any atom is 0.253 e. The fourth-order valence-corrected chi connectivity index (χ4v) is 4.04. The first-order valence-electron chi connectivity index (χ1n) is 10.0. The van der Waals surface area contributed by atoms with Crippen LogP contribution in [0.2, 0.25) is 0 Å². The van der Waals surface area contributed by atoms with Crippen LogP contribution in [-0.2, 0) is 6.42 Å². The van der Waals surface area contributed by atoms with Crippen LogP contribution in [0.4, 0.5) is 0 Å². The number of hydrogen-bond acceptors (Lipinski definition) is 4. The first-order valence-corrected chi connectivity index (χ1v) is 10.0. The molecule has 1 N–H and O–H groups in total. The van der Waals surface area contributed by atoms with Crippen LogP contribution in [0.25, 0.3) is 11.0 Å². The summed E-state index contributed by atoms with van der Waals surface area (Å²) >= 11 is 0. The zero-order valence-corrected chi connectivity index (χ0v) is 16.3. The third-order valence-corrected chi connectivity index (χ3v) is 5.69. The lowest BCUT2D eigenvalue weighted by Gasteiger charge is -2.37. The minimum Gasteiger partial charge on any atom is -0.337 e. The molecule has 2 heterocycles. The second-order valence-electron chi connectivity index (χ2n) is 7.63. The van der Waals surface area contributed by atoms with Gasteiger partial charge in [0.15, 0.2) is 0 Å². The molecule has 0 aliphatic carbocycles. The number of hydrogen-bond donors (Lipinski definition) is 1. The monoisotopic (exact) mass is 377 g/mol. The van der Waals surface area contributed by atoms with Crippen LogP contribution in [0.1, 0.15) is 35.2 Å². The second kappa shape index (κ2) is 8.52. The van der Waals surface area contributed by atoms with E-state index in [-0.39, 0.29) is 11.9 Å². The summed E-state index contributed by atoms with van der Waals surface area (Å²) in [4.78, 5) is 17.4. The number of likely N-dealkylation sites (N-methyl/N-ethyl adjacent to an activating group) is 1. The van der Waals surface area contributed by atoms with Crippen LogP contribution in [0.3, 0.4) is 0 Å². The highest BCUT2D eigenvalue weighted by Gasteiger charge is 2.26. The lowest BCUT2D eigenvalue weighted by Crippen LogP contribution is -2.48. The summed E-state index contributed by atoms with van der Waals surface area (Å²) in [5.41, 5.74) is 3.57. The zero-order chi connectivity index (χ0) is 19.3. The summed E-state index contributed by atoms with van der Waals surface area (Å²) in [6, 6.07) is 16.4. The third-order valence-electron chi connectivity index (χ3n) is 5.69. The standard InChI is InChI=1S/C22H27N5O/c1-26(22(28)18-11-12-20-21(15-18)24-25-23-20)19-10-6-14-27(16-19)13-5-9-17-7-3-2-4-8-17/h2-4,7-8,11-12,15,19H,5-6,9-10,13-14,16H2,1H3,(H,23,24,25). The summed E-state index contributed by atoms with van der Waals surface area (Å²) in [6.45, 7) is 3.15. The van der Waals surface area contributed by atoms with Gasteiger partial charge in [-0.15, -0.1) is 0 Å². The SMILES string of the molecule is CN(C(=O)c1ccc2n[nH]nc2c1)C1CCCN(CCCc2ccccc2)C1. The van der Waals surface area contributed by atoms with Crippen LogP contribution in [0.15, 0.2) is 48.5 Å². The normalized spacial score (nSPS) is 17.7. The molecule has 6 heteroatoms. The fourth-order valence-electron chi connectivity index (χ4n) is 4.04. The Bertz CT molecular complexity index is 923. The molecule has 6 nitrogen and oxygen atoms in total. The molecule has 0 radical (unpaired) electrons. The maximum atomic E-state index is 13.0. The van der Waals surface area contributed by atoms with E-state index < -0.39 is 0 Å². The number of rotatable bonds is 6. The van der Waals surface area contributed by atoms with E-state index in [1.165, 1.54) is 5.56 Å². The molecule has 0 bridgehead atoms. The van der Waals surface area contributed by atoms with E-state index in [4.69, 9.17) is 0 Å². The van der Waals surface area contributed by atoms with Gasteiger partial charge in [0.25, 0.3) is 5.91 Å². The summed E-state index contributed by atoms with van der Waals surface area (Å²) in [6.07, 6.45) is 4.45. The fraction of sp³-hybridized carbons (Fsp3) is 0.409. The molecule has 1 atom stereocenters. The van der Waals surface area contributed by atoms with Crippen molar-refractivity contribution in [3.8, 4) is 0 Å². The van der Waals surface area contributed by atoms with Gasteiger partial charge in [-0.1, -0.05) is 30.3 Å². The van der Waals surface area contributed by atoms with Gasteiger partial charge in [0.2, 0.25) is 0 Å². The van der Waals surface area contributed by atoms with Crippen molar-refractivity contribution in [1.29, 1.82) is 0 Å². The first-order chi connectivity index (χ1) is 13.7. The molecule has 146 valence electrons. The van der Waals surface area contributed by atoms with Gasteiger partial charge in [0.1, 0.15) is 11.0 Å². The van der Waals surface area contributed by atoms with Crippen molar-refractivity contribution < 1.29 is 4.79 Å². The number of H-pyrrole nitrogens is 1. The molecular formula is C22H27N5O. The number of amides is 1. The van der Waals surface area contributed by atoms with E-state index in [9.17, 15) is 4.79 Å². The van der Waals surface area contributed by atoms with Gasteiger partial charge in [0, 0.05) is 25.2 Å². The first kappa shape index (κ1) is 18.6. The predicted molar refractivity (Wildman–Crippen MR) is 110 cm³/mol. The number of fused-ring (bicyclic) bond motifs is 1. The van der Waals surface area contributed by atoms with E-state index in [2.05, 4.69) is 50.6 Å². The highest BCUT2D eigenvalue weighted by atomic mass is 16.2. The van der Waals surface area contributed by atoms with Crippen molar-refractivity contribution in [2.24, 2.45) is 0 Å². The van der Waals surface area contributed by atoms with Gasteiger partial charge in [-0.05, 0) is 62.5 Å². The number of aromatic amines is 1. The lowest BCUT2D eigenvalue weighted by atomic mass is 10.0. The Morgan fingerprint density at radius 3 is 2.86 bits per heavy atom. The average molecular weight is 377 g/mol.